The van der Waals surface area contributed by atoms with Gasteiger partial charge in [-0.05, 0) is 43.2 Å². The van der Waals surface area contributed by atoms with Crippen molar-refractivity contribution < 1.29 is 13.2 Å². The molecule has 2 aromatic rings. The third-order valence-electron chi connectivity index (χ3n) is 3.43. The van der Waals surface area contributed by atoms with Crippen molar-refractivity contribution in [2.24, 2.45) is 5.14 Å². The highest BCUT2D eigenvalue weighted by atomic mass is 32.2. The molecule has 3 N–H and O–H groups in total. The fourth-order valence-corrected chi connectivity index (χ4v) is 2.80. The monoisotopic (exact) mass is 318 g/mol. The van der Waals surface area contributed by atoms with Gasteiger partial charge in [0, 0.05) is 5.56 Å². The number of hydrogen-bond acceptors (Lipinski definition) is 3. The smallest absolute Gasteiger partial charge is 0.251 e. The molecule has 5 nitrogen and oxygen atoms in total. The molecule has 1 atom stereocenters. The van der Waals surface area contributed by atoms with Gasteiger partial charge in [0.25, 0.3) is 5.91 Å². The standard InChI is InChI=1S/C16H18N2O3S/c1-11-6-3-4-9-15(11)12(2)18-16(19)13-7-5-8-14(10-13)22(17,20)21/h3-10,12H,1-2H3,(H,18,19)(H2,17,20,21)/t12-/m0/s1. The zero-order valence-electron chi connectivity index (χ0n) is 12.4. The Morgan fingerprint density at radius 3 is 2.45 bits per heavy atom. The molecule has 0 unspecified atom stereocenters. The molecule has 0 aromatic heterocycles. The van der Waals surface area contributed by atoms with Crippen molar-refractivity contribution >= 4 is 15.9 Å². The number of carbonyl (C=O) groups is 1. The van der Waals surface area contributed by atoms with Crippen molar-refractivity contribution in [2.75, 3.05) is 0 Å². The van der Waals surface area contributed by atoms with Gasteiger partial charge in [0.15, 0.2) is 0 Å². The van der Waals surface area contributed by atoms with Crippen molar-refractivity contribution in [3.8, 4) is 0 Å². The van der Waals surface area contributed by atoms with Crippen molar-refractivity contribution in [1.82, 2.24) is 5.32 Å². The quantitative estimate of drug-likeness (QED) is 0.905. The van der Waals surface area contributed by atoms with Crippen LogP contribution in [-0.4, -0.2) is 14.3 Å². The number of carbonyl (C=O) groups excluding carboxylic acids is 1. The van der Waals surface area contributed by atoms with Gasteiger partial charge in [-0.15, -0.1) is 0 Å². The first kappa shape index (κ1) is 16.2. The van der Waals surface area contributed by atoms with E-state index < -0.39 is 10.0 Å². The van der Waals surface area contributed by atoms with Gasteiger partial charge in [-0.3, -0.25) is 4.79 Å². The van der Waals surface area contributed by atoms with E-state index in [-0.39, 0.29) is 22.4 Å². The summed E-state index contributed by atoms with van der Waals surface area (Å²) in [7, 11) is -3.83. The van der Waals surface area contributed by atoms with Crippen LogP contribution in [0.3, 0.4) is 0 Å². The van der Waals surface area contributed by atoms with Crippen LogP contribution in [-0.2, 0) is 10.0 Å². The van der Waals surface area contributed by atoms with E-state index in [4.69, 9.17) is 5.14 Å². The summed E-state index contributed by atoms with van der Waals surface area (Å²) in [5, 5.41) is 7.94. The Labute approximate surface area is 130 Å². The van der Waals surface area contributed by atoms with Crippen molar-refractivity contribution in [3.05, 3.63) is 65.2 Å². The Balaban J connectivity index is 2.21. The number of primary sulfonamides is 1. The number of amides is 1. The summed E-state index contributed by atoms with van der Waals surface area (Å²) < 4.78 is 22.7. The van der Waals surface area contributed by atoms with Gasteiger partial charge in [-0.1, -0.05) is 30.3 Å². The molecule has 2 aromatic carbocycles. The van der Waals surface area contributed by atoms with Crippen molar-refractivity contribution in [2.45, 2.75) is 24.8 Å². The lowest BCUT2D eigenvalue weighted by atomic mass is 10.0. The highest BCUT2D eigenvalue weighted by molar-refractivity contribution is 7.89. The number of rotatable bonds is 4. The highest BCUT2D eigenvalue weighted by Crippen LogP contribution is 2.18. The first-order valence-corrected chi connectivity index (χ1v) is 8.33. The molecule has 0 aliphatic carbocycles. The number of nitrogens with one attached hydrogen (secondary N) is 1. The van der Waals surface area contributed by atoms with Crippen molar-refractivity contribution in [1.29, 1.82) is 0 Å². The van der Waals surface area contributed by atoms with E-state index in [2.05, 4.69) is 5.32 Å². The molecule has 0 bridgehead atoms. The molecule has 6 heteroatoms. The topological polar surface area (TPSA) is 89.3 Å². The van der Waals surface area contributed by atoms with Crippen LogP contribution < -0.4 is 10.5 Å². The average molecular weight is 318 g/mol. The predicted molar refractivity (Wildman–Crippen MR) is 84.9 cm³/mol. The maximum Gasteiger partial charge on any atom is 0.251 e. The van der Waals surface area contributed by atoms with Gasteiger partial charge in [0.1, 0.15) is 0 Å². The number of aryl methyl sites for hydroxylation is 1. The summed E-state index contributed by atoms with van der Waals surface area (Å²) in [6.45, 7) is 3.85. The first-order valence-electron chi connectivity index (χ1n) is 6.78. The molecule has 22 heavy (non-hydrogen) atoms. The van der Waals surface area contributed by atoms with Gasteiger partial charge in [0.05, 0.1) is 10.9 Å². The third kappa shape index (κ3) is 3.72. The fraction of sp³-hybridized carbons (Fsp3) is 0.188. The van der Waals surface area contributed by atoms with Gasteiger partial charge >= 0.3 is 0 Å². The molecule has 2 rings (SSSR count). The number of nitrogens with two attached hydrogens (primary N) is 1. The van der Waals surface area contributed by atoms with Gasteiger partial charge < -0.3 is 5.32 Å². The third-order valence-corrected chi connectivity index (χ3v) is 4.34. The lowest BCUT2D eigenvalue weighted by molar-refractivity contribution is 0.0939. The summed E-state index contributed by atoms with van der Waals surface area (Å²) in [5.41, 5.74) is 2.35. The largest absolute Gasteiger partial charge is 0.346 e. The van der Waals surface area contributed by atoms with Gasteiger partial charge in [-0.25, -0.2) is 13.6 Å². The first-order chi connectivity index (χ1) is 10.3. The molecule has 1 amide bonds. The van der Waals surface area contributed by atoms with E-state index in [1.165, 1.54) is 18.2 Å². The summed E-state index contributed by atoms with van der Waals surface area (Å²) in [6.07, 6.45) is 0. The van der Waals surface area contributed by atoms with E-state index >= 15 is 0 Å². The van der Waals surface area contributed by atoms with Crippen LogP contribution in [0.4, 0.5) is 0 Å². The number of hydrogen-bond donors (Lipinski definition) is 2. The van der Waals surface area contributed by atoms with Crippen LogP contribution in [0.15, 0.2) is 53.4 Å². The van der Waals surface area contributed by atoms with Crippen molar-refractivity contribution in [3.63, 3.8) is 0 Å². The molecular weight excluding hydrogens is 300 g/mol. The van der Waals surface area contributed by atoms with Crippen LogP contribution in [0.25, 0.3) is 0 Å². The summed E-state index contributed by atoms with van der Waals surface area (Å²) in [5.74, 6) is -0.346. The second-order valence-corrected chi connectivity index (χ2v) is 6.69. The average Bonchev–Trinajstić information content (AvgIpc) is 2.46. The van der Waals surface area contributed by atoms with Crippen LogP contribution in [0.1, 0.15) is 34.5 Å². The van der Waals surface area contributed by atoms with Crippen LogP contribution in [0.2, 0.25) is 0 Å². The summed E-state index contributed by atoms with van der Waals surface area (Å²) in [6, 6.07) is 13.2. The van der Waals surface area contributed by atoms with E-state index in [1.54, 1.807) is 6.07 Å². The highest BCUT2D eigenvalue weighted by Gasteiger charge is 2.15. The fourth-order valence-electron chi connectivity index (χ4n) is 2.24. The van der Waals surface area contributed by atoms with Crippen LogP contribution in [0.5, 0.6) is 0 Å². The number of sulfonamides is 1. The Kier molecular flexibility index (Phi) is 4.63. The molecular formula is C16H18N2O3S. The Morgan fingerprint density at radius 2 is 1.82 bits per heavy atom. The maximum absolute atomic E-state index is 12.3. The Hall–Kier alpha value is -2.18. The van der Waals surface area contributed by atoms with E-state index in [9.17, 15) is 13.2 Å². The zero-order valence-corrected chi connectivity index (χ0v) is 13.2. The minimum atomic E-state index is -3.83. The molecule has 0 saturated heterocycles. The SMILES string of the molecule is Cc1ccccc1[C@H](C)NC(=O)c1cccc(S(N)(=O)=O)c1. The summed E-state index contributed by atoms with van der Waals surface area (Å²) >= 11 is 0. The normalized spacial score (nSPS) is 12.7. The molecule has 0 fully saturated rings. The predicted octanol–water partition coefficient (Wildman–Crippen LogP) is 2.13. The molecule has 0 saturated carbocycles. The van der Waals surface area contributed by atoms with E-state index in [0.717, 1.165) is 11.1 Å². The van der Waals surface area contributed by atoms with E-state index in [0.29, 0.717) is 0 Å². The molecule has 0 radical (unpaired) electrons. The molecule has 0 spiro atoms. The minimum Gasteiger partial charge on any atom is -0.346 e. The maximum atomic E-state index is 12.3. The Morgan fingerprint density at radius 1 is 1.14 bits per heavy atom. The number of benzene rings is 2. The van der Waals surface area contributed by atoms with Gasteiger partial charge in [-0.2, -0.15) is 0 Å². The van der Waals surface area contributed by atoms with E-state index in [1.807, 2.05) is 38.1 Å². The molecule has 0 aliphatic rings. The second kappa shape index (κ2) is 6.29. The second-order valence-electron chi connectivity index (χ2n) is 5.12. The Bertz CT molecular complexity index is 801. The minimum absolute atomic E-state index is 0.0799. The van der Waals surface area contributed by atoms with Crippen LogP contribution in [0, 0.1) is 6.92 Å². The molecule has 0 heterocycles. The lowest BCUT2D eigenvalue weighted by Gasteiger charge is -2.16. The zero-order chi connectivity index (χ0) is 16.3. The van der Waals surface area contributed by atoms with Gasteiger partial charge in [0.2, 0.25) is 10.0 Å². The lowest BCUT2D eigenvalue weighted by Crippen LogP contribution is -2.27. The van der Waals surface area contributed by atoms with Crippen LogP contribution >= 0.6 is 0 Å². The summed E-state index contributed by atoms with van der Waals surface area (Å²) in [4.78, 5) is 12.2. The molecule has 116 valence electrons. The molecule has 0 aliphatic heterocycles.